The topological polar surface area (TPSA) is 59.6 Å². The first-order chi connectivity index (χ1) is 13.1. The molecule has 27 heavy (non-hydrogen) atoms. The van der Waals surface area contributed by atoms with Gasteiger partial charge in [0.25, 0.3) is 0 Å². The molecule has 0 aromatic heterocycles. The van der Waals surface area contributed by atoms with Crippen molar-refractivity contribution in [3.63, 3.8) is 0 Å². The van der Waals surface area contributed by atoms with E-state index in [1.165, 1.54) is 5.56 Å². The highest BCUT2D eigenvalue weighted by Crippen LogP contribution is 2.22. The SMILES string of the molecule is Cc1ccc(OCNC(=O)Nc2ccc(Oc3ccccc3)cc2)c(C)c1. The number of carbonyl (C=O) groups is 1. The lowest BCUT2D eigenvalue weighted by atomic mass is 10.1. The molecule has 5 heteroatoms. The predicted molar refractivity (Wildman–Crippen MR) is 107 cm³/mol. The summed E-state index contributed by atoms with van der Waals surface area (Å²) in [5.74, 6) is 2.22. The van der Waals surface area contributed by atoms with Crippen LogP contribution in [-0.4, -0.2) is 12.8 Å². The quantitative estimate of drug-likeness (QED) is 0.589. The van der Waals surface area contributed by atoms with Crippen molar-refractivity contribution in [3.05, 3.63) is 83.9 Å². The lowest BCUT2D eigenvalue weighted by molar-refractivity contribution is 0.234. The van der Waals surface area contributed by atoms with Crippen LogP contribution in [0, 0.1) is 13.8 Å². The van der Waals surface area contributed by atoms with E-state index in [9.17, 15) is 4.79 Å². The lowest BCUT2D eigenvalue weighted by Gasteiger charge is -2.12. The van der Waals surface area contributed by atoms with Gasteiger partial charge in [-0.25, -0.2) is 4.79 Å². The number of benzene rings is 3. The van der Waals surface area contributed by atoms with Gasteiger partial charge in [-0.2, -0.15) is 0 Å². The maximum atomic E-state index is 12.0. The van der Waals surface area contributed by atoms with Crippen LogP contribution in [0.2, 0.25) is 0 Å². The van der Waals surface area contributed by atoms with E-state index in [4.69, 9.17) is 9.47 Å². The summed E-state index contributed by atoms with van der Waals surface area (Å²) in [6, 6.07) is 22.3. The van der Waals surface area contributed by atoms with Crippen LogP contribution in [-0.2, 0) is 0 Å². The molecule has 0 aliphatic heterocycles. The molecule has 3 aromatic rings. The maximum absolute atomic E-state index is 12.0. The number of nitrogens with one attached hydrogen (secondary N) is 2. The number of anilines is 1. The highest BCUT2D eigenvalue weighted by Gasteiger charge is 2.04. The largest absolute Gasteiger partial charge is 0.473 e. The van der Waals surface area contributed by atoms with Crippen molar-refractivity contribution in [1.82, 2.24) is 5.32 Å². The summed E-state index contributed by atoms with van der Waals surface area (Å²) in [5, 5.41) is 5.43. The predicted octanol–water partition coefficient (Wildman–Crippen LogP) is 5.25. The van der Waals surface area contributed by atoms with Crippen molar-refractivity contribution < 1.29 is 14.3 Å². The average molecular weight is 362 g/mol. The number of hydrogen-bond acceptors (Lipinski definition) is 3. The molecule has 2 amide bonds. The minimum Gasteiger partial charge on any atom is -0.473 e. The summed E-state index contributed by atoms with van der Waals surface area (Å²) in [6.45, 7) is 4.09. The number of carbonyl (C=O) groups excluding carboxylic acids is 1. The molecule has 5 nitrogen and oxygen atoms in total. The van der Waals surface area contributed by atoms with Crippen LogP contribution in [0.4, 0.5) is 10.5 Å². The van der Waals surface area contributed by atoms with Gasteiger partial charge in [0, 0.05) is 5.69 Å². The fraction of sp³-hybridized carbons (Fsp3) is 0.136. The molecule has 3 aromatic carbocycles. The fourth-order valence-corrected chi connectivity index (χ4v) is 2.55. The van der Waals surface area contributed by atoms with Crippen molar-refractivity contribution in [1.29, 1.82) is 0 Å². The smallest absolute Gasteiger partial charge is 0.321 e. The summed E-state index contributed by atoms with van der Waals surface area (Å²) < 4.78 is 11.3. The summed E-state index contributed by atoms with van der Waals surface area (Å²) in [6.07, 6.45) is 0. The molecule has 0 aliphatic rings. The number of urea groups is 1. The third-order valence-electron chi connectivity index (χ3n) is 3.88. The van der Waals surface area contributed by atoms with E-state index in [2.05, 4.69) is 10.6 Å². The molecule has 0 unspecified atom stereocenters. The third kappa shape index (κ3) is 5.51. The van der Waals surface area contributed by atoms with Crippen LogP contribution in [0.5, 0.6) is 17.2 Å². The highest BCUT2D eigenvalue weighted by atomic mass is 16.5. The Morgan fingerprint density at radius 1 is 0.889 bits per heavy atom. The fourth-order valence-electron chi connectivity index (χ4n) is 2.55. The van der Waals surface area contributed by atoms with E-state index < -0.39 is 0 Å². The average Bonchev–Trinajstić information content (AvgIpc) is 2.66. The molecule has 0 heterocycles. The van der Waals surface area contributed by atoms with Gasteiger partial charge in [-0.15, -0.1) is 0 Å². The van der Waals surface area contributed by atoms with Gasteiger partial charge < -0.3 is 20.1 Å². The zero-order valence-electron chi connectivity index (χ0n) is 15.4. The Morgan fingerprint density at radius 2 is 1.59 bits per heavy atom. The van der Waals surface area contributed by atoms with Crippen LogP contribution in [0.15, 0.2) is 72.8 Å². The second kappa shape index (κ2) is 8.76. The summed E-state index contributed by atoms with van der Waals surface area (Å²) in [4.78, 5) is 12.0. The molecular formula is C22H22N2O3. The van der Waals surface area contributed by atoms with Gasteiger partial charge in [0.15, 0.2) is 6.73 Å². The van der Waals surface area contributed by atoms with E-state index in [1.807, 2.05) is 62.4 Å². The summed E-state index contributed by atoms with van der Waals surface area (Å²) >= 11 is 0. The molecule has 138 valence electrons. The Kier molecular flexibility index (Phi) is 5.94. The van der Waals surface area contributed by atoms with E-state index >= 15 is 0 Å². The standard InChI is InChI=1S/C22H22N2O3/c1-16-8-13-21(17(2)14-16)26-15-23-22(25)24-18-9-11-20(12-10-18)27-19-6-4-3-5-7-19/h3-14H,15H2,1-2H3,(H2,23,24,25). The third-order valence-corrected chi connectivity index (χ3v) is 3.88. The second-order valence-electron chi connectivity index (χ2n) is 6.13. The maximum Gasteiger partial charge on any atom is 0.321 e. The molecule has 0 saturated carbocycles. The van der Waals surface area contributed by atoms with Crippen molar-refractivity contribution in [2.24, 2.45) is 0 Å². The van der Waals surface area contributed by atoms with Crippen LogP contribution < -0.4 is 20.1 Å². The minimum absolute atomic E-state index is 0.0882. The van der Waals surface area contributed by atoms with E-state index in [-0.39, 0.29) is 12.8 Å². The molecule has 0 aliphatic carbocycles. The Morgan fingerprint density at radius 3 is 2.30 bits per heavy atom. The molecule has 0 fully saturated rings. The molecular weight excluding hydrogens is 340 g/mol. The first kappa shape index (κ1) is 18.3. The Labute approximate surface area is 158 Å². The van der Waals surface area contributed by atoms with Gasteiger partial charge in [-0.1, -0.05) is 35.9 Å². The number of hydrogen-bond donors (Lipinski definition) is 2. The minimum atomic E-state index is -0.337. The van der Waals surface area contributed by atoms with Crippen LogP contribution >= 0.6 is 0 Å². The number of rotatable bonds is 6. The summed E-state index contributed by atoms with van der Waals surface area (Å²) in [7, 11) is 0. The molecule has 3 rings (SSSR count). The van der Waals surface area contributed by atoms with Crippen molar-refractivity contribution in [3.8, 4) is 17.2 Å². The van der Waals surface area contributed by atoms with E-state index in [0.717, 1.165) is 17.1 Å². The van der Waals surface area contributed by atoms with Gasteiger partial charge >= 0.3 is 6.03 Å². The number of amides is 2. The first-order valence-corrected chi connectivity index (χ1v) is 8.68. The van der Waals surface area contributed by atoms with E-state index in [1.54, 1.807) is 24.3 Å². The van der Waals surface area contributed by atoms with Crippen LogP contribution in [0.25, 0.3) is 0 Å². The monoisotopic (exact) mass is 362 g/mol. The van der Waals surface area contributed by atoms with Crippen molar-refractivity contribution in [2.45, 2.75) is 13.8 Å². The van der Waals surface area contributed by atoms with Gasteiger partial charge in [-0.3, -0.25) is 0 Å². The molecule has 0 spiro atoms. The number of para-hydroxylation sites is 1. The lowest BCUT2D eigenvalue weighted by Crippen LogP contribution is -2.32. The molecule has 0 atom stereocenters. The Hall–Kier alpha value is -3.47. The first-order valence-electron chi connectivity index (χ1n) is 8.68. The highest BCUT2D eigenvalue weighted by molar-refractivity contribution is 5.89. The normalized spacial score (nSPS) is 10.1. The molecule has 0 saturated heterocycles. The van der Waals surface area contributed by atoms with Gasteiger partial charge in [-0.05, 0) is 61.9 Å². The van der Waals surface area contributed by atoms with Gasteiger partial charge in [0.1, 0.15) is 17.2 Å². The molecule has 0 radical (unpaired) electrons. The van der Waals surface area contributed by atoms with E-state index in [0.29, 0.717) is 11.4 Å². The van der Waals surface area contributed by atoms with Crippen LogP contribution in [0.3, 0.4) is 0 Å². The second-order valence-corrected chi connectivity index (χ2v) is 6.13. The van der Waals surface area contributed by atoms with Crippen molar-refractivity contribution >= 4 is 11.7 Å². The number of aryl methyl sites for hydroxylation is 2. The Balaban J connectivity index is 1.46. The molecule has 2 N–H and O–H groups in total. The van der Waals surface area contributed by atoms with Crippen molar-refractivity contribution in [2.75, 3.05) is 12.0 Å². The van der Waals surface area contributed by atoms with Gasteiger partial charge in [0.05, 0.1) is 0 Å². The summed E-state index contributed by atoms with van der Waals surface area (Å²) in [5.41, 5.74) is 2.87. The number of ether oxygens (including phenoxy) is 2. The molecule has 0 bridgehead atoms. The van der Waals surface area contributed by atoms with Gasteiger partial charge in [0.2, 0.25) is 0 Å². The Bertz CT molecular complexity index is 893. The zero-order valence-corrected chi connectivity index (χ0v) is 15.4. The van der Waals surface area contributed by atoms with Crippen LogP contribution in [0.1, 0.15) is 11.1 Å². The zero-order chi connectivity index (χ0) is 19.1.